The highest BCUT2D eigenvalue weighted by Crippen LogP contribution is 2.15. The summed E-state index contributed by atoms with van der Waals surface area (Å²) in [6.07, 6.45) is -3.03. The van der Waals surface area contributed by atoms with E-state index in [9.17, 15) is 14.0 Å². The van der Waals surface area contributed by atoms with Crippen LogP contribution in [0.4, 0.5) is 14.0 Å². The summed E-state index contributed by atoms with van der Waals surface area (Å²) in [5.74, 6) is 0. The van der Waals surface area contributed by atoms with Gasteiger partial charge in [0.05, 0.1) is 6.04 Å². The molecule has 0 aromatic carbocycles. The van der Waals surface area contributed by atoms with Gasteiger partial charge in [-0.25, -0.2) is 14.0 Å². The zero-order valence-electron chi connectivity index (χ0n) is 10.8. The zero-order valence-corrected chi connectivity index (χ0v) is 10.8. The quantitative estimate of drug-likeness (QED) is 0.752. The standard InChI is InChI=1S/C11H19FN2O4/c1-11(2,3)18-9(15)13-8-6-14(10(16)17)5-4-7(8)12/h7-8H,4-6H2,1-3H3,(H,13,15)(H,16,17)/t7?,8-/m0/s1. The summed E-state index contributed by atoms with van der Waals surface area (Å²) in [5, 5.41) is 11.2. The molecule has 0 aromatic rings. The van der Waals surface area contributed by atoms with Gasteiger partial charge in [0.25, 0.3) is 0 Å². The minimum atomic E-state index is -1.26. The van der Waals surface area contributed by atoms with Gasteiger partial charge >= 0.3 is 12.2 Å². The van der Waals surface area contributed by atoms with Crippen LogP contribution in [-0.2, 0) is 4.74 Å². The summed E-state index contributed by atoms with van der Waals surface area (Å²) in [5.41, 5.74) is -0.670. The smallest absolute Gasteiger partial charge is 0.408 e. The molecule has 0 aliphatic carbocycles. The highest BCUT2D eigenvalue weighted by molar-refractivity contribution is 5.69. The number of alkyl halides is 1. The molecule has 1 fully saturated rings. The summed E-state index contributed by atoms with van der Waals surface area (Å²) in [4.78, 5) is 23.3. The van der Waals surface area contributed by atoms with Crippen molar-refractivity contribution in [3.63, 3.8) is 0 Å². The molecule has 0 bridgehead atoms. The lowest BCUT2D eigenvalue weighted by atomic mass is 10.0. The van der Waals surface area contributed by atoms with Gasteiger partial charge in [0.2, 0.25) is 0 Å². The van der Waals surface area contributed by atoms with E-state index in [0.29, 0.717) is 0 Å². The number of halogens is 1. The topological polar surface area (TPSA) is 78.9 Å². The van der Waals surface area contributed by atoms with Crippen LogP contribution in [0.15, 0.2) is 0 Å². The Hall–Kier alpha value is -1.53. The fraction of sp³-hybridized carbons (Fsp3) is 0.818. The monoisotopic (exact) mass is 262 g/mol. The maximum Gasteiger partial charge on any atom is 0.408 e. The molecule has 2 amide bonds. The van der Waals surface area contributed by atoms with Crippen molar-refractivity contribution in [2.45, 2.75) is 45.0 Å². The number of rotatable bonds is 1. The van der Waals surface area contributed by atoms with Crippen LogP contribution >= 0.6 is 0 Å². The highest BCUT2D eigenvalue weighted by atomic mass is 19.1. The molecule has 0 radical (unpaired) electrons. The lowest BCUT2D eigenvalue weighted by Gasteiger charge is -2.34. The molecule has 104 valence electrons. The van der Waals surface area contributed by atoms with Crippen molar-refractivity contribution < 1.29 is 23.8 Å². The Bertz CT molecular complexity index is 329. The van der Waals surface area contributed by atoms with Gasteiger partial charge in [-0.1, -0.05) is 0 Å². The molecule has 0 spiro atoms. The normalized spacial score (nSPS) is 24.6. The Morgan fingerprint density at radius 3 is 2.56 bits per heavy atom. The number of piperidine rings is 1. The number of hydrogen-bond donors (Lipinski definition) is 2. The predicted molar refractivity (Wildman–Crippen MR) is 62.3 cm³/mol. The first-order valence-corrected chi connectivity index (χ1v) is 5.80. The summed E-state index contributed by atoms with van der Waals surface area (Å²) in [6, 6.07) is -0.857. The van der Waals surface area contributed by atoms with Crippen molar-refractivity contribution in [3.8, 4) is 0 Å². The van der Waals surface area contributed by atoms with E-state index < -0.39 is 30.0 Å². The van der Waals surface area contributed by atoms with Crippen LogP contribution in [0, 0.1) is 0 Å². The molecular weight excluding hydrogens is 243 g/mol. The number of alkyl carbamates (subject to hydrolysis) is 1. The average Bonchev–Trinajstić information content (AvgIpc) is 2.18. The SMILES string of the molecule is CC(C)(C)OC(=O)N[C@H]1CN(C(=O)O)CCC1F. The van der Waals surface area contributed by atoms with Gasteiger partial charge < -0.3 is 20.1 Å². The van der Waals surface area contributed by atoms with Crippen molar-refractivity contribution in [2.24, 2.45) is 0 Å². The lowest BCUT2D eigenvalue weighted by Crippen LogP contribution is -2.55. The second-order valence-electron chi connectivity index (χ2n) is 5.29. The number of hydrogen-bond acceptors (Lipinski definition) is 3. The van der Waals surface area contributed by atoms with Crippen LogP contribution in [0.1, 0.15) is 27.2 Å². The first-order chi connectivity index (χ1) is 8.19. The molecular formula is C11H19FN2O4. The van der Waals surface area contributed by atoms with Crippen molar-refractivity contribution >= 4 is 12.2 Å². The molecule has 1 aliphatic heterocycles. The fourth-order valence-electron chi connectivity index (χ4n) is 1.69. The Morgan fingerprint density at radius 2 is 2.06 bits per heavy atom. The fourth-order valence-corrected chi connectivity index (χ4v) is 1.69. The maximum absolute atomic E-state index is 13.6. The average molecular weight is 262 g/mol. The first kappa shape index (κ1) is 14.5. The van der Waals surface area contributed by atoms with E-state index in [1.54, 1.807) is 20.8 Å². The number of nitrogens with zero attached hydrogens (tertiary/aromatic N) is 1. The number of amides is 2. The summed E-state index contributed by atoms with van der Waals surface area (Å²) >= 11 is 0. The molecule has 2 atom stereocenters. The molecule has 0 saturated carbocycles. The van der Waals surface area contributed by atoms with Gasteiger partial charge in [-0.3, -0.25) is 0 Å². The molecule has 18 heavy (non-hydrogen) atoms. The van der Waals surface area contributed by atoms with E-state index in [0.717, 1.165) is 4.90 Å². The Kier molecular flexibility index (Phi) is 4.37. The third kappa shape index (κ3) is 4.38. The summed E-state index contributed by atoms with van der Waals surface area (Å²) in [6.45, 7) is 5.18. The van der Waals surface area contributed by atoms with Crippen LogP contribution in [0.3, 0.4) is 0 Å². The maximum atomic E-state index is 13.6. The lowest BCUT2D eigenvalue weighted by molar-refractivity contribution is 0.0393. The van der Waals surface area contributed by atoms with Crippen LogP contribution in [0.25, 0.3) is 0 Å². The second kappa shape index (κ2) is 5.41. The molecule has 2 N–H and O–H groups in total. The zero-order chi connectivity index (χ0) is 13.9. The summed E-state index contributed by atoms with van der Waals surface area (Å²) < 4.78 is 18.6. The Labute approximate surface area is 105 Å². The molecule has 1 saturated heterocycles. The van der Waals surface area contributed by atoms with E-state index in [-0.39, 0.29) is 19.5 Å². The van der Waals surface area contributed by atoms with Gasteiger partial charge in [-0.2, -0.15) is 0 Å². The van der Waals surface area contributed by atoms with Crippen LogP contribution in [0.5, 0.6) is 0 Å². The van der Waals surface area contributed by atoms with Crippen molar-refractivity contribution in [1.82, 2.24) is 10.2 Å². The number of carbonyl (C=O) groups is 2. The number of likely N-dealkylation sites (tertiary alicyclic amines) is 1. The minimum absolute atomic E-state index is 0.0598. The molecule has 0 aromatic heterocycles. The molecule has 1 unspecified atom stereocenters. The van der Waals surface area contributed by atoms with Gasteiger partial charge in [0.1, 0.15) is 11.8 Å². The minimum Gasteiger partial charge on any atom is -0.465 e. The van der Waals surface area contributed by atoms with Crippen molar-refractivity contribution in [1.29, 1.82) is 0 Å². The molecule has 1 rings (SSSR count). The largest absolute Gasteiger partial charge is 0.465 e. The molecule has 1 aliphatic rings. The second-order valence-corrected chi connectivity index (χ2v) is 5.29. The number of nitrogens with one attached hydrogen (secondary N) is 1. The Balaban J connectivity index is 2.53. The number of carboxylic acid groups (broad SMARTS) is 1. The predicted octanol–water partition coefficient (Wildman–Crippen LogP) is 1.60. The molecule has 1 heterocycles. The Morgan fingerprint density at radius 1 is 1.44 bits per heavy atom. The van der Waals surface area contributed by atoms with Gasteiger partial charge in [0, 0.05) is 13.1 Å². The van der Waals surface area contributed by atoms with Gasteiger partial charge in [-0.15, -0.1) is 0 Å². The number of ether oxygens (including phenoxy) is 1. The van der Waals surface area contributed by atoms with Crippen molar-refractivity contribution in [3.05, 3.63) is 0 Å². The first-order valence-electron chi connectivity index (χ1n) is 5.80. The third-order valence-corrected chi connectivity index (χ3v) is 2.50. The van der Waals surface area contributed by atoms with Crippen LogP contribution < -0.4 is 5.32 Å². The van der Waals surface area contributed by atoms with E-state index in [1.807, 2.05) is 0 Å². The van der Waals surface area contributed by atoms with Gasteiger partial charge in [-0.05, 0) is 27.2 Å². The molecule has 6 nitrogen and oxygen atoms in total. The summed E-state index contributed by atoms with van der Waals surface area (Å²) in [7, 11) is 0. The molecule has 7 heteroatoms. The van der Waals surface area contributed by atoms with Crippen LogP contribution in [0.2, 0.25) is 0 Å². The van der Waals surface area contributed by atoms with E-state index in [2.05, 4.69) is 5.32 Å². The number of carbonyl (C=O) groups excluding carboxylic acids is 1. The highest BCUT2D eigenvalue weighted by Gasteiger charge is 2.33. The van der Waals surface area contributed by atoms with E-state index in [1.165, 1.54) is 0 Å². The van der Waals surface area contributed by atoms with Crippen molar-refractivity contribution in [2.75, 3.05) is 13.1 Å². The third-order valence-electron chi connectivity index (χ3n) is 2.50. The van der Waals surface area contributed by atoms with E-state index >= 15 is 0 Å². The van der Waals surface area contributed by atoms with E-state index in [4.69, 9.17) is 9.84 Å². The van der Waals surface area contributed by atoms with Gasteiger partial charge in [0.15, 0.2) is 0 Å². The van der Waals surface area contributed by atoms with Crippen LogP contribution in [-0.4, -0.2) is 53.1 Å².